The number of piperazine rings is 1. The molecule has 40 heavy (non-hydrogen) atoms. The number of aryl methyl sites for hydroxylation is 1. The SMILES string of the molecule is CCC[C@@H](c1nc2cc(CN3CCC(c4ccccc4)(N(CC)CC)CC3)cnc2n1C)N1C[C@@H](C)N[C@@H](C)C1. The second-order valence-electron chi connectivity index (χ2n) is 12.3. The van der Waals surface area contributed by atoms with E-state index in [1.165, 1.54) is 11.1 Å². The Morgan fingerprint density at radius 3 is 2.33 bits per heavy atom. The van der Waals surface area contributed by atoms with Crippen LogP contribution in [0.4, 0.5) is 0 Å². The molecule has 2 fully saturated rings. The molecule has 2 aliphatic heterocycles. The van der Waals surface area contributed by atoms with E-state index in [4.69, 9.17) is 9.97 Å². The van der Waals surface area contributed by atoms with Gasteiger partial charge in [0, 0.05) is 63.6 Å². The molecule has 0 aliphatic carbocycles. The summed E-state index contributed by atoms with van der Waals surface area (Å²) in [5, 5.41) is 3.68. The lowest BCUT2D eigenvalue weighted by Gasteiger charge is -2.49. The zero-order valence-electron chi connectivity index (χ0n) is 25.7. The number of hydrogen-bond donors (Lipinski definition) is 1. The van der Waals surface area contributed by atoms with Crippen molar-refractivity contribution in [1.82, 2.24) is 34.6 Å². The van der Waals surface area contributed by atoms with E-state index in [-0.39, 0.29) is 5.54 Å². The van der Waals surface area contributed by atoms with Gasteiger partial charge in [-0.15, -0.1) is 0 Å². The summed E-state index contributed by atoms with van der Waals surface area (Å²) in [5.41, 5.74) is 4.90. The molecule has 0 unspecified atom stereocenters. The summed E-state index contributed by atoms with van der Waals surface area (Å²) in [7, 11) is 2.15. The highest BCUT2D eigenvalue weighted by molar-refractivity contribution is 5.72. The van der Waals surface area contributed by atoms with Crippen LogP contribution < -0.4 is 5.32 Å². The average molecular weight is 546 g/mol. The van der Waals surface area contributed by atoms with E-state index in [1.54, 1.807) is 0 Å². The maximum absolute atomic E-state index is 5.23. The molecular formula is C33H51N7. The van der Waals surface area contributed by atoms with Crippen molar-refractivity contribution >= 4 is 11.2 Å². The standard InChI is InChI=1S/C33H51N7/c1-7-13-30(39-22-25(4)35-26(5)23-39)32-36-29-20-27(21-34-31(29)37(32)6)24-38-18-16-33(17-19-38,40(8-2)9-3)28-14-11-10-12-15-28/h10-12,14-15,20-21,25-26,30,35H,7-9,13,16-19,22-24H2,1-6H3/t25-,26+,30-/m0/s1. The third-order valence-corrected chi connectivity index (χ3v) is 9.46. The Balaban J connectivity index is 1.33. The van der Waals surface area contributed by atoms with E-state index < -0.39 is 0 Å². The molecule has 0 bridgehead atoms. The summed E-state index contributed by atoms with van der Waals surface area (Å²) in [6.45, 7) is 18.9. The van der Waals surface area contributed by atoms with E-state index in [9.17, 15) is 0 Å². The van der Waals surface area contributed by atoms with Crippen LogP contribution >= 0.6 is 0 Å². The molecule has 4 heterocycles. The number of pyridine rings is 1. The van der Waals surface area contributed by atoms with Gasteiger partial charge in [0.05, 0.1) is 6.04 Å². The van der Waals surface area contributed by atoms with Gasteiger partial charge < -0.3 is 9.88 Å². The van der Waals surface area contributed by atoms with Gasteiger partial charge in [0.25, 0.3) is 0 Å². The first-order valence-electron chi connectivity index (χ1n) is 15.7. The van der Waals surface area contributed by atoms with Crippen LogP contribution in [0.3, 0.4) is 0 Å². The molecular weight excluding hydrogens is 494 g/mol. The summed E-state index contributed by atoms with van der Waals surface area (Å²) >= 11 is 0. The zero-order chi connectivity index (χ0) is 28.3. The maximum Gasteiger partial charge on any atom is 0.159 e. The van der Waals surface area contributed by atoms with Gasteiger partial charge in [0.15, 0.2) is 5.65 Å². The third-order valence-electron chi connectivity index (χ3n) is 9.46. The topological polar surface area (TPSA) is 52.5 Å². The molecule has 2 aromatic heterocycles. The van der Waals surface area contributed by atoms with Crippen molar-refractivity contribution < 1.29 is 0 Å². The summed E-state index contributed by atoms with van der Waals surface area (Å²) < 4.78 is 2.25. The quantitative estimate of drug-likeness (QED) is 0.372. The van der Waals surface area contributed by atoms with Gasteiger partial charge in [-0.2, -0.15) is 0 Å². The number of hydrogen-bond acceptors (Lipinski definition) is 6. The van der Waals surface area contributed by atoms with Crippen molar-refractivity contribution in [2.45, 2.75) is 90.5 Å². The highest BCUT2D eigenvalue weighted by Gasteiger charge is 2.40. The molecule has 2 saturated heterocycles. The normalized spacial score (nSPS) is 23.2. The number of piperidine rings is 1. The summed E-state index contributed by atoms with van der Waals surface area (Å²) in [4.78, 5) is 18.1. The van der Waals surface area contributed by atoms with Crippen LogP contribution in [0.5, 0.6) is 0 Å². The molecule has 0 radical (unpaired) electrons. The van der Waals surface area contributed by atoms with Gasteiger partial charge in [-0.1, -0.05) is 57.5 Å². The monoisotopic (exact) mass is 545 g/mol. The first-order valence-corrected chi connectivity index (χ1v) is 15.7. The number of nitrogens with one attached hydrogen (secondary N) is 1. The van der Waals surface area contributed by atoms with Crippen LogP contribution in [0.2, 0.25) is 0 Å². The first-order chi connectivity index (χ1) is 19.4. The minimum absolute atomic E-state index is 0.132. The van der Waals surface area contributed by atoms with Gasteiger partial charge >= 0.3 is 0 Å². The first kappa shape index (κ1) is 29.2. The molecule has 7 heteroatoms. The number of nitrogens with zero attached hydrogens (tertiary/aromatic N) is 6. The molecule has 1 aromatic carbocycles. The lowest BCUT2D eigenvalue weighted by Crippen LogP contribution is -2.55. The smallest absolute Gasteiger partial charge is 0.159 e. The van der Waals surface area contributed by atoms with Crippen molar-refractivity contribution in [3.63, 3.8) is 0 Å². The zero-order valence-corrected chi connectivity index (χ0v) is 25.7. The fraction of sp³-hybridized carbons (Fsp3) is 0.636. The van der Waals surface area contributed by atoms with Crippen molar-refractivity contribution in [3.05, 3.63) is 59.5 Å². The van der Waals surface area contributed by atoms with Gasteiger partial charge in [-0.3, -0.25) is 14.7 Å². The van der Waals surface area contributed by atoms with Crippen molar-refractivity contribution in [3.8, 4) is 0 Å². The summed E-state index contributed by atoms with van der Waals surface area (Å²) in [6, 6.07) is 14.8. The van der Waals surface area contributed by atoms with Crippen LogP contribution in [-0.2, 0) is 19.1 Å². The van der Waals surface area contributed by atoms with Crippen LogP contribution in [-0.4, -0.2) is 80.6 Å². The highest BCUT2D eigenvalue weighted by atomic mass is 15.3. The predicted molar refractivity (Wildman–Crippen MR) is 165 cm³/mol. The van der Waals surface area contributed by atoms with E-state index in [0.717, 1.165) is 88.5 Å². The molecule has 7 nitrogen and oxygen atoms in total. The average Bonchev–Trinajstić information content (AvgIpc) is 3.28. The van der Waals surface area contributed by atoms with Crippen molar-refractivity contribution in [1.29, 1.82) is 0 Å². The van der Waals surface area contributed by atoms with E-state index in [1.807, 2.05) is 0 Å². The van der Waals surface area contributed by atoms with E-state index in [2.05, 4.69) is 109 Å². The number of imidazole rings is 1. The Morgan fingerprint density at radius 1 is 1.02 bits per heavy atom. The second-order valence-corrected chi connectivity index (χ2v) is 12.3. The lowest BCUT2D eigenvalue weighted by molar-refractivity contribution is 0.0217. The maximum atomic E-state index is 5.23. The highest BCUT2D eigenvalue weighted by Crippen LogP contribution is 2.39. The Kier molecular flexibility index (Phi) is 9.25. The molecule has 1 N–H and O–H groups in total. The molecule has 3 atom stereocenters. The minimum Gasteiger partial charge on any atom is -0.315 e. The third kappa shape index (κ3) is 5.85. The predicted octanol–water partition coefficient (Wildman–Crippen LogP) is 5.32. The number of likely N-dealkylation sites (tertiary alicyclic amines) is 1. The number of rotatable bonds is 10. The van der Waals surface area contributed by atoms with Crippen molar-refractivity contribution in [2.75, 3.05) is 39.3 Å². The Hall–Kier alpha value is -2.32. The van der Waals surface area contributed by atoms with Gasteiger partial charge in [0.2, 0.25) is 0 Å². The molecule has 218 valence electrons. The largest absolute Gasteiger partial charge is 0.315 e. The molecule has 0 spiro atoms. The van der Waals surface area contributed by atoms with E-state index >= 15 is 0 Å². The lowest BCUT2D eigenvalue weighted by atomic mass is 9.79. The number of benzene rings is 1. The molecule has 5 rings (SSSR count). The molecule has 2 aliphatic rings. The van der Waals surface area contributed by atoms with Gasteiger partial charge in [0.1, 0.15) is 11.3 Å². The number of aromatic nitrogens is 3. The van der Waals surface area contributed by atoms with Crippen LogP contribution in [0.15, 0.2) is 42.6 Å². The van der Waals surface area contributed by atoms with Crippen LogP contribution in [0.25, 0.3) is 11.2 Å². The van der Waals surface area contributed by atoms with Gasteiger partial charge in [-0.25, -0.2) is 9.97 Å². The Labute approximate surface area is 242 Å². The van der Waals surface area contributed by atoms with Gasteiger partial charge in [-0.05, 0) is 63.4 Å². The minimum atomic E-state index is 0.132. The Morgan fingerprint density at radius 2 is 1.70 bits per heavy atom. The molecule has 0 amide bonds. The van der Waals surface area contributed by atoms with Crippen molar-refractivity contribution in [2.24, 2.45) is 7.05 Å². The van der Waals surface area contributed by atoms with Crippen LogP contribution in [0.1, 0.15) is 83.3 Å². The van der Waals surface area contributed by atoms with Crippen LogP contribution in [0, 0.1) is 0 Å². The second kappa shape index (κ2) is 12.7. The molecule has 3 aromatic rings. The fourth-order valence-electron chi connectivity index (χ4n) is 7.60. The Bertz CT molecular complexity index is 1220. The fourth-order valence-corrected chi connectivity index (χ4v) is 7.60. The van der Waals surface area contributed by atoms with E-state index in [0.29, 0.717) is 18.1 Å². The number of fused-ring (bicyclic) bond motifs is 1. The molecule has 0 saturated carbocycles. The summed E-state index contributed by atoms with van der Waals surface area (Å²) in [5.74, 6) is 1.16. The summed E-state index contributed by atoms with van der Waals surface area (Å²) in [6.07, 6.45) is 6.66.